The van der Waals surface area contributed by atoms with Gasteiger partial charge in [-0.3, -0.25) is 4.99 Å². The number of hydrogen-bond acceptors (Lipinski definition) is 2. The molecule has 1 heterocycles. The summed E-state index contributed by atoms with van der Waals surface area (Å²) in [5.74, 6) is 0. The molecule has 1 aliphatic rings. The first kappa shape index (κ1) is 8.82. The zero-order chi connectivity index (χ0) is 9.26. The fourth-order valence-electron chi connectivity index (χ4n) is 1.66. The lowest BCUT2D eigenvalue weighted by atomic mass is 10.1. The topological polar surface area (TPSA) is 12.4 Å². The Kier molecular flexibility index (Phi) is 2.40. The van der Waals surface area contributed by atoms with E-state index in [1.54, 1.807) is 0 Å². The van der Waals surface area contributed by atoms with E-state index in [0.29, 0.717) is 11.3 Å². The fraction of sp³-hybridized carbons (Fsp3) is 0.364. The van der Waals surface area contributed by atoms with Gasteiger partial charge in [0.25, 0.3) is 0 Å². The van der Waals surface area contributed by atoms with Crippen LogP contribution < -0.4 is 0 Å². The smallest absolute Gasteiger partial charge is 0.0878 e. The zero-order valence-electron chi connectivity index (χ0n) is 7.90. The van der Waals surface area contributed by atoms with Gasteiger partial charge in [0.1, 0.15) is 0 Å². The fourth-order valence-corrected chi connectivity index (χ4v) is 2.72. The van der Waals surface area contributed by atoms with Gasteiger partial charge >= 0.3 is 0 Å². The van der Waals surface area contributed by atoms with Crippen molar-refractivity contribution >= 4 is 16.8 Å². The monoisotopic (exact) mass is 191 g/mol. The molecule has 1 aromatic rings. The van der Waals surface area contributed by atoms with Crippen molar-refractivity contribution in [1.29, 1.82) is 0 Å². The number of rotatable bonds is 1. The van der Waals surface area contributed by atoms with Crippen molar-refractivity contribution in [2.45, 2.75) is 25.1 Å². The molecule has 2 rings (SSSR count). The summed E-state index contributed by atoms with van der Waals surface area (Å²) in [5, 5.41) is 1.80. The average molecular weight is 191 g/mol. The first-order chi connectivity index (χ1) is 6.27. The van der Waals surface area contributed by atoms with Crippen LogP contribution in [0.15, 0.2) is 35.3 Å². The molecule has 0 aromatic heterocycles. The maximum Gasteiger partial charge on any atom is 0.0878 e. The lowest BCUT2D eigenvalue weighted by Crippen LogP contribution is -2.04. The van der Waals surface area contributed by atoms with Crippen molar-refractivity contribution in [3.8, 4) is 0 Å². The number of aliphatic imine (C=N–C) groups is 1. The van der Waals surface area contributed by atoms with E-state index in [1.165, 1.54) is 10.6 Å². The van der Waals surface area contributed by atoms with Crippen LogP contribution >= 0.6 is 11.8 Å². The van der Waals surface area contributed by atoms with Crippen LogP contribution in [0.1, 0.15) is 25.5 Å². The molecule has 2 atom stereocenters. The molecule has 68 valence electrons. The van der Waals surface area contributed by atoms with Crippen LogP contribution in [-0.4, -0.2) is 10.3 Å². The van der Waals surface area contributed by atoms with Gasteiger partial charge in [0.05, 0.1) is 11.1 Å². The molecule has 1 aromatic carbocycles. The highest BCUT2D eigenvalue weighted by Crippen LogP contribution is 2.36. The third kappa shape index (κ3) is 1.78. The maximum absolute atomic E-state index is 4.62. The second-order valence-electron chi connectivity index (χ2n) is 3.33. The lowest BCUT2D eigenvalue weighted by molar-refractivity contribution is 0.733. The molecule has 0 N–H and O–H groups in total. The van der Waals surface area contributed by atoms with Gasteiger partial charge in [-0.25, -0.2) is 0 Å². The Labute approximate surface area is 83.3 Å². The van der Waals surface area contributed by atoms with Gasteiger partial charge in [-0.2, -0.15) is 0 Å². The van der Waals surface area contributed by atoms with Crippen LogP contribution in [0.5, 0.6) is 0 Å². The molecule has 0 saturated carbocycles. The molecular weight excluding hydrogens is 178 g/mol. The van der Waals surface area contributed by atoms with Gasteiger partial charge in [-0.1, -0.05) is 37.3 Å². The first-order valence-corrected chi connectivity index (χ1v) is 5.41. The van der Waals surface area contributed by atoms with Crippen molar-refractivity contribution in [3.63, 3.8) is 0 Å². The summed E-state index contributed by atoms with van der Waals surface area (Å²) in [6, 6.07) is 10.9. The zero-order valence-corrected chi connectivity index (χ0v) is 8.71. The van der Waals surface area contributed by atoms with Crippen LogP contribution in [0.2, 0.25) is 0 Å². The standard InChI is InChI=1S/C11H13NS/c1-8-11(12-9(2)13-8)10-6-4-3-5-7-10/h3-8,11H,1-2H3. The Morgan fingerprint density at radius 3 is 2.46 bits per heavy atom. The highest BCUT2D eigenvalue weighted by Gasteiger charge is 2.25. The highest BCUT2D eigenvalue weighted by atomic mass is 32.2. The second kappa shape index (κ2) is 3.54. The number of thioether (sulfide) groups is 1. The van der Waals surface area contributed by atoms with E-state index in [2.05, 4.69) is 43.1 Å². The Morgan fingerprint density at radius 1 is 1.23 bits per heavy atom. The van der Waals surface area contributed by atoms with E-state index in [9.17, 15) is 0 Å². The van der Waals surface area contributed by atoms with Crippen LogP contribution in [0, 0.1) is 0 Å². The summed E-state index contributed by atoms with van der Waals surface area (Å²) in [6.07, 6.45) is 0. The van der Waals surface area contributed by atoms with E-state index in [0.717, 1.165) is 0 Å². The molecule has 13 heavy (non-hydrogen) atoms. The molecule has 0 saturated heterocycles. The summed E-state index contributed by atoms with van der Waals surface area (Å²) in [6.45, 7) is 4.33. The van der Waals surface area contributed by atoms with Crippen LogP contribution in [0.3, 0.4) is 0 Å². The van der Waals surface area contributed by atoms with Crippen LogP contribution in [-0.2, 0) is 0 Å². The largest absolute Gasteiger partial charge is 0.274 e. The third-order valence-corrected chi connectivity index (χ3v) is 3.34. The minimum atomic E-state index is 0.367. The molecule has 1 aliphatic heterocycles. The summed E-state index contributed by atoms with van der Waals surface area (Å²) in [7, 11) is 0. The maximum atomic E-state index is 4.62. The predicted molar refractivity (Wildman–Crippen MR) is 59.3 cm³/mol. The molecule has 0 radical (unpaired) electrons. The third-order valence-electron chi connectivity index (χ3n) is 2.26. The lowest BCUT2D eigenvalue weighted by Gasteiger charge is -2.11. The van der Waals surface area contributed by atoms with Gasteiger partial charge < -0.3 is 0 Å². The van der Waals surface area contributed by atoms with Gasteiger partial charge in [0.2, 0.25) is 0 Å². The van der Waals surface area contributed by atoms with Gasteiger partial charge in [0.15, 0.2) is 0 Å². The summed E-state index contributed by atoms with van der Waals surface area (Å²) >= 11 is 1.87. The van der Waals surface area contributed by atoms with E-state index in [4.69, 9.17) is 0 Å². The highest BCUT2D eigenvalue weighted by molar-refractivity contribution is 8.14. The van der Waals surface area contributed by atoms with Gasteiger partial charge in [-0.15, -0.1) is 11.8 Å². The Bertz CT molecular complexity index is 318. The van der Waals surface area contributed by atoms with Crippen molar-refractivity contribution < 1.29 is 0 Å². The van der Waals surface area contributed by atoms with Crippen molar-refractivity contribution in [1.82, 2.24) is 0 Å². The number of hydrogen-bond donors (Lipinski definition) is 0. The van der Waals surface area contributed by atoms with Gasteiger partial charge in [0, 0.05) is 5.25 Å². The SMILES string of the molecule is CC1=NC(c2ccccc2)C(C)S1. The summed E-state index contributed by atoms with van der Waals surface area (Å²) in [4.78, 5) is 4.62. The van der Waals surface area contributed by atoms with E-state index >= 15 is 0 Å². The van der Waals surface area contributed by atoms with E-state index in [-0.39, 0.29) is 0 Å². The Morgan fingerprint density at radius 2 is 1.92 bits per heavy atom. The van der Waals surface area contributed by atoms with Crippen LogP contribution in [0.25, 0.3) is 0 Å². The second-order valence-corrected chi connectivity index (χ2v) is 4.90. The van der Waals surface area contributed by atoms with Crippen LogP contribution in [0.4, 0.5) is 0 Å². The van der Waals surface area contributed by atoms with Crippen molar-refractivity contribution in [2.75, 3.05) is 0 Å². The average Bonchev–Trinajstić information content (AvgIpc) is 2.47. The van der Waals surface area contributed by atoms with Gasteiger partial charge in [-0.05, 0) is 12.5 Å². The Balaban J connectivity index is 2.27. The molecular formula is C11H13NS. The minimum Gasteiger partial charge on any atom is -0.274 e. The quantitative estimate of drug-likeness (QED) is 0.663. The normalized spacial score (nSPS) is 27.4. The summed E-state index contributed by atoms with van der Waals surface area (Å²) < 4.78 is 0. The number of nitrogens with zero attached hydrogens (tertiary/aromatic N) is 1. The molecule has 0 bridgehead atoms. The molecule has 0 spiro atoms. The van der Waals surface area contributed by atoms with Crippen molar-refractivity contribution in [3.05, 3.63) is 35.9 Å². The van der Waals surface area contributed by atoms with E-state index < -0.39 is 0 Å². The minimum absolute atomic E-state index is 0.367. The molecule has 0 fully saturated rings. The predicted octanol–water partition coefficient (Wildman–Crippen LogP) is 3.28. The van der Waals surface area contributed by atoms with E-state index in [1.807, 2.05) is 17.8 Å². The number of benzene rings is 1. The Hall–Kier alpha value is -0.760. The molecule has 0 amide bonds. The molecule has 2 heteroatoms. The van der Waals surface area contributed by atoms with Crippen molar-refractivity contribution in [2.24, 2.45) is 4.99 Å². The molecule has 0 aliphatic carbocycles. The molecule has 2 unspecified atom stereocenters. The summed E-state index contributed by atoms with van der Waals surface area (Å²) in [5.41, 5.74) is 1.33. The molecule has 1 nitrogen and oxygen atoms in total. The first-order valence-electron chi connectivity index (χ1n) is 4.53.